The molecule has 0 saturated carbocycles. The zero-order valence-electron chi connectivity index (χ0n) is 11.1. The highest BCUT2D eigenvalue weighted by atomic mass is 16.5. The first-order valence-corrected chi connectivity index (χ1v) is 5.99. The molecule has 2 rings (SSSR count). The van der Waals surface area contributed by atoms with Crippen LogP contribution in [0.4, 0.5) is 0 Å². The molecular weight excluding hydrogens is 242 g/mol. The Bertz CT molecular complexity index is 525. The van der Waals surface area contributed by atoms with Crippen molar-refractivity contribution in [2.75, 3.05) is 14.2 Å². The van der Waals surface area contributed by atoms with Gasteiger partial charge in [0.15, 0.2) is 0 Å². The van der Waals surface area contributed by atoms with Gasteiger partial charge in [0.05, 0.1) is 14.2 Å². The zero-order chi connectivity index (χ0) is 13.9. The number of benzene rings is 1. The third-order valence-electron chi connectivity index (χ3n) is 3.19. The first-order chi connectivity index (χ1) is 9.09. The lowest BCUT2D eigenvalue weighted by Crippen LogP contribution is -2.57. The van der Waals surface area contributed by atoms with E-state index in [1.807, 2.05) is 24.3 Å². The Morgan fingerprint density at radius 2 is 2.05 bits per heavy atom. The molecule has 5 N–H and O–H groups in total. The van der Waals surface area contributed by atoms with Gasteiger partial charge < -0.3 is 26.3 Å². The maximum absolute atomic E-state index is 6.29. The summed E-state index contributed by atoms with van der Waals surface area (Å²) in [5.41, 5.74) is 13.0. The summed E-state index contributed by atoms with van der Waals surface area (Å²) in [6, 6.07) is 5.64. The van der Waals surface area contributed by atoms with Crippen molar-refractivity contribution in [1.29, 1.82) is 0 Å². The number of ether oxygens (including phenoxy) is 2. The van der Waals surface area contributed by atoms with Gasteiger partial charge in [-0.2, -0.15) is 0 Å². The Hall–Kier alpha value is -2.14. The van der Waals surface area contributed by atoms with E-state index in [1.165, 1.54) is 0 Å². The Morgan fingerprint density at radius 3 is 2.68 bits per heavy atom. The van der Waals surface area contributed by atoms with Crippen LogP contribution >= 0.6 is 0 Å². The first kappa shape index (κ1) is 13.3. The molecule has 1 aromatic carbocycles. The van der Waals surface area contributed by atoms with Crippen LogP contribution in [-0.4, -0.2) is 19.9 Å². The van der Waals surface area contributed by atoms with E-state index in [9.17, 15) is 0 Å². The maximum Gasteiger partial charge on any atom is 0.130 e. The number of allylic oxidation sites excluding steroid dienone is 2. The second-order valence-electron chi connectivity index (χ2n) is 4.45. The van der Waals surface area contributed by atoms with Crippen LogP contribution in [0, 0.1) is 0 Å². The summed E-state index contributed by atoms with van der Waals surface area (Å²) in [7, 11) is 3.24. The average Bonchev–Trinajstić information content (AvgIpc) is 2.43. The molecule has 1 unspecified atom stereocenters. The number of dihydropyridines is 1. The van der Waals surface area contributed by atoms with E-state index in [4.69, 9.17) is 20.9 Å². The Morgan fingerprint density at radius 1 is 1.26 bits per heavy atom. The summed E-state index contributed by atoms with van der Waals surface area (Å²) in [4.78, 5) is 0. The second kappa shape index (κ2) is 5.24. The van der Waals surface area contributed by atoms with Crippen LogP contribution in [-0.2, 0) is 6.42 Å². The first-order valence-electron chi connectivity index (χ1n) is 5.99. The molecule has 1 aromatic rings. The molecule has 102 valence electrons. The molecule has 0 aromatic heterocycles. The van der Waals surface area contributed by atoms with E-state index in [-0.39, 0.29) is 0 Å². The molecule has 0 spiro atoms. The summed E-state index contributed by atoms with van der Waals surface area (Å²) >= 11 is 0. The monoisotopic (exact) mass is 261 g/mol. The number of nitrogens with two attached hydrogens (primary N) is 2. The van der Waals surface area contributed by atoms with E-state index in [2.05, 4.69) is 5.32 Å². The molecule has 0 fully saturated rings. The summed E-state index contributed by atoms with van der Waals surface area (Å²) in [6.45, 7) is 0. The van der Waals surface area contributed by atoms with E-state index in [0.717, 1.165) is 17.1 Å². The Kier molecular flexibility index (Phi) is 3.66. The highest BCUT2D eigenvalue weighted by Crippen LogP contribution is 2.28. The third kappa shape index (κ3) is 2.66. The molecule has 0 bridgehead atoms. The van der Waals surface area contributed by atoms with Gasteiger partial charge in [0.25, 0.3) is 0 Å². The summed E-state index contributed by atoms with van der Waals surface area (Å²) in [5, 5.41) is 3.09. The van der Waals surface area contributed by atoms with Gasteiger partial charge in [0.1, 0.15) is 17.2 Å². The van der Waals surface area contributed by atoms with E-state index in [1.54, 1.807) is 26.5 Å². The number of hydrogen-bond donors (Lipinski definition) is 3. The number of nitrogens with one attached hydrogen (secondary N) is 1. The minimum absolute atomic E-state index is 0.521. The molecule has 1 heterocycles. The highest BCUT2D eigenvalue weighted by molar-refractivity contribution is 5.43. The van der Waals surface area contributed by atoms with Crippen molar-refractivity contribution in [1.82, 2.24) is 5.32 Å². The van der Waals surface area contributed by atoms with Gasteiger partial charge >= 0.3 is 0 Å². The standard InChI is InChI=1S/C14H19N3O2/c1-18-11-6-5-10(12(8-11)19-2)9-14(16)13(15)4-3-7-17-14/h3-8,17H,9,15-16H2,1-2H3. The van der Waals surface area contributed by atoms with Crippen LogP contribution in [0.2, 0.25) is 0 Å². The number of hydrogen-bond acceptors (Lipinski definition) is 5. The molecular formula is C14H19N3O2. The zero-order valence-corrected chi connectivity index (χ0v) is 11.1. The minimum Gasteiger partial charge on any atom is -0.497 e. The molecule has 5 nitrogen and oxygen atoms in total. The fourth-order valence-electron chi connectivity index (χ4n) is 2.03. The van der Waals surface area contributed by atoms with Crippen LogP contribution in [0.15, 0.2) is 42.2 Å². The summed E-state index contributed by atoms with van der Waals surface area (Å²) < 4.78 is 10.5. The topological polar surface area (TPSA) is 82.5 Å². The SMILES string of the molecule is COc1ccc(CC2(N)NC=CC=C2N)c(OC)c1. The average molecular weight is 261 g/mol. The van der Waals surface area contributed by atoms with E-state index < -0.39 is 5.66 Å². The predicted octanol–water partition coefficient (Wildman–Crippen LogP) is 0.861. The van der Waals surface area contributed by atoms with Gasteiger partial charge in [-0.15, -0.1) is 0 Å². The lowest BCUT2D eigenvalue weighted by molar-refractivity contribution is 0.379. The number of methoxy groups -OCH3 is 2. The smallest absolute Gasteiger partial charge is 0.130 e. The maximum atomic E-state index is 6.29. The van der Waals surface area contributed by atoms with Gasteiger partial charge in [-0.3, -0.25) is 0 Å². The van der Waals surface area contributed by atoms with Gasteiger partial charge in [-0.25, -0.2) is 0 Å². The van der Waals surface area contributed by atoms with Crippen LogP contribution < -0.4 is 26.3 Å². The van der Waals surface area contributed by atoms with Crippen molar-refractivity contribution in [3.8, 4) is 11.5 Å². The largest absolute Gasteiger partial charge is 0.497 e. The third-order valence-corrected chi connectivity index (χ3v) is 3.19. The van der Waals surface area contributed by atoms with Crippen molar-refractivity contribution in [2.24, 2.45) is 11.5 Å². The van der Waals surface area contributed by atoms with E-state index >= 15 is 0 Å². The quantitative estimate of drug-likeness (QED) is 0.749. The van der Waals surface area contributed by atoms with Gasteiger partial charge in [-0.05, 0) is 30.0 Å². The van der Waals surface area contributed by atoms with Crippen molar-refractivity contribution in [3.05, 3.63) is 47.8 Å². The van der Waals surface area contributed by atoms with Crippen molar-refractivity contribution in [3.63, 3.8) is 0 Å². The van der Waals surface area contributed by atoms with Gasteiger partial charge in [0, 0.05) is 18.2 Å². The van der Waals surface area contributed by atoms with Gasteiger partial charge in [0.2, 0.25) is 0 Å². The highest BCUT2D eigenvalue weighted by Gasteiger charge is 2.29. The van der Waals surface area contributed by atoms with Crippen molar-refractivity contribution < 1.29 is 9.47 Å². The minimum atomic E-state index is -0.795. The molecule has 5 heteroatoms. The molecule has 0 amide bonds. The number of rotatable bonds is 4. The van der Waals surface area contributed by atoms with Crippen LogP contribution in [0.1, 0.15) is 5.56 Å². The molecule has 1 aliphatic heterocycles. The lowest BCUT2D eigenvalue weighted by atomic mass is 9.95. The molecule has 1 aliphatic rings. The van der Waals surface area contributed by atoms with Crippen molar-refractivity contribution in [2.45, 2.75) is 12.1 Å². The molecule has 0 aliphatic carbocycles. The summed E-state index contributed by atoms with van der Waals surface area (Å²) in [5.74, 6) is 1.47. The van der Waals surface area contributed by atoms with Gasteiger partial charge in [-0.1, -0.05) is 6.07 Å². The molecule has 1 atom stereocenters. The fourth-order valence-corrected chi connectivity index (χ4v) is 2.03. The Labute approximate surface area is 112 Å². The fraction of sp³-hybridized carbons (Fsp3) is 0.286. The Balaban J connectivity index is 2.28. The van der Waals surface area contributed by atoms with Crippen LogP contribution in [0.25, 0.3) is 0 Å². The molecule has 19 heavy (non-hydrogen) atoms. The lowest BCUT2D eigenvalue weighted by Gasteiger charge is -2.33. The molecule has 0 saturated heterocycles. The van der Waals surface area contributed by atoms with Crippen LogP contribution in [0.5, 0.6) is 11.5 Å². The van der Waals surface area contributed by atoms with E-state index in [0.29, 0.717) is 12.1 Å². The summed E-state index contributed by atoms with van der Waals surface area (Å²) in [6.07, 6.45) is 5.93. The van der Waals surface area contributed by atoms with Crippen molar-refractivity contribution >= 4 is 0 Å². The molecule has 0 radical (unpaired) electrons. The normalized spacial score (nSPS) is 21.5. The van der Waals surface area contributed by atoms with Crippen LogP contribution in [0.3, 0.4) is 0 Å². The second-order valence-corrected chi connectivity index (χ2v) is 4.45. The predicted molar refractivity (Wildman–Crippen MR) is 74.7 cm³/mol.